The molecule has 4 rings (SSSR count). The van der Waals surface area contributed by atoms with E-state index in [-0.39, 0.29) is 18.1 Å². The van der Waals surface area contributed by atoms with Crippen molar-refractivity contribution >= 4 is 5.91 Å². The Morgan fingerprint density at radius 1 is 1.25 bits per heavy atom. The largest absolute Gasteiger partial charge is 0.482 e. The van der Waals surface area contributed by atoms with Crippen LogP contribution in [-0.4, -0.2) is 51.1 Å². The van der Waals surface area contributed by atoms with Crippen molar-refractivity contribution in [3.63, 3.8) is 0 Å². The summed E-state index contributed by atoms with van der Waals surface area (Å²) in [4.78, 5) is 14.8. The normalized spacial score (nSPS) is 26.2. The van der Waals surface area contributed by atoms with Gasteiger partial charge < -0.3 is 14.4 Å². The average Bonchev–Trinajstić information content (AvgIpc) is 3.15. The van der Waals surface area contributed by atoms with Crippen molar-refractivity contribution < 1.29 is 14.3 Å². The number of likely N-dealkylation sites (tertiary alicyclic amines) is 1. The van der Waals surface area contributed by atoms with Crippen LogP contribution in [0.1, 0.15) is 25.8 Å². The molecule has 0 radical (unpaired) electrons. The van der Waals surface area contributed by atoms with Crippen LogP contribution in [0.4, 0.5) is 0 Å². The maximum absolute atomic E-state index is 13.0. The summed E-state index contributed by atoms with van der Waals surface area (Å²) >= 11 is 0. The minimum Gasteiger partial charge on any atom is -0.482 e. The number of hydrogen-bond donors (Lipinski definition) is 0. The van der Waals surface area contributed by atoms with Crippen LogP contribution in [0.15, 0.2) is 36.7 Å². The number of benzene rings is 1. The molecule has 3 unspecified atom stereocenters. The summed E-state index contributed by atoms with van der Waals surface area (Å²) in [5.41, 5.74) is 0. The van der Waals surface area contributed by atoms with E-state index in [4.69, 9.17) is 9.47 Å². The number of carbonyl (C=O) groups is 1. The van der Waals surface area contributed by atoms with Crippen LogP contribution >= 0.6 is 0 Å². The summed E-state index contributed by atoms with van der Waals surface area (Å²) in [6.45, 7) is 3.23. The van der Waals surface area contributed by atoms with Crippen molar-refractivity contribution in [2.75, 3.05) is 13.1 Å². The zero-order valence-corrected chi connectivity index (χ0v) is 13.5. The molecule has 1 aromatic carbocycles. The lowest BCUT2D eigenvalue weighted by Crippen LogP contribution is -2.53. The van der Waals surface area contributed by atoms with Crippen LogP contribution in [0, 0.1) is 0 Å². The quantitative estimate of drug-likeness (QED) is 0.839. The Morgan fingerprint density at radius 2 is 2.04 bits per heavy atom. The first-order chi connectivity index (χ1) is 11.7. The Balaban J connectivity index is 1.49. The zero-order valence-electron chi connectivity index (χ0n) is 13.5. The van der Waals surface area contributed by atoms with Gasteiger partial charge in [0.25, 0.3) is 5.91 Å². The molecule has 0 saturated carbocycles. The van der Waals surface area contributed by atoms with Crippen LogP contribution in [0.3, 0.4) is 0 Å². The standard InChI is InChI=1S/C17H20N4O3/c1-12-16(24-15-7-3-2-6-14(15)23-12)17(22)20-9-4-5-13(11-20)21-10-8-18-19-21/h2-3,6-8,10,12-13,16H,4-5,9,11H2,1H3. The monoisotopic (exact) mass is 328 g/mol. The van der Waals surface area contributed by atoms with Gasteiger partial charge in [-0.3, -0.25) is 4.79 Å². The third-order valence-electron chi connectivity index (χ3n) is 4.61. The topological polar surface area (TPSA) is 69.5 Å². The molecule has 24 heavy (non-hydrogen) atoms. The van der Waals surface area contributed by atoms with Gasteiger partial charge in [-0.25, -0.2) is 4.68 Å². The van der Waals surface area contributed by atoms with Crippen molar-refractivity contribution in [3.8, 4) is 11.5 Å². The summed E-state index contributed by atoms with van der Waals surface area (Å²) in [5.74, 6) is 1.29. The summed E-state index contributed by atoms with van der Waals surface area (Å²) in [6, 6.07) is 7.62. The van der Waals surface area contributed by atoms with E-state index in [1.165, 1.54) is 0 Å². The Hall–Kier alpha value is -2.57. The third kappa shape index (κ3) is 2.70. The first-order valence-electron chi connectivity index (χ1n) is 8.29. The fourth-order valence-electron chi connectivity index (χ4n) is 3.35. The molecule has 0 bridgehead atoms. The molecule has 2 aliphatic rings. The van der Waals surface area contributed by atoms with Gasteiger partial charge in [-0.1, -0.05) is 17.3 Å². The molecule has 0 aliphatic carbocycles. The molecule has 7 heteroatoms. The van der Waals surface area contributed by atoms with Crippen molar-refractivity contribution in [3.05, 3.63) is 36.7 Å². The minimum atomic E-state index is -0.616. The van der Waals surface area contributed by atoms with Gasteiger partial charge in [0.15, 0.2) is 11.5 Å². The number of piperidine rings is 1. The van der Waals surface area contributed by atoms with Crippen molar-refractivity contribution in [1.82, 2.24) is 19.9 Å². The molecule has 3 heterocycles. The predicted octanol–water partition coefficient (Wildman–Crippen LogP) is 1.67. The van der Waals surface area contributed by atoms with Gasteiger partial charge in [0, 0.05) is 19.3 Å². The van der Waals surface area contributed by atoms with Crippen molar-refractivity contribution in [1.29, 1.82) is 0 Å². The highest BCUT2D eigenvalue weighted by molar-refractivity contribution is 5.82. The predicted molar refractivity (Wildman–Crippen MR) is 85.8 cm³/mol. The van der Waals surface area contributed by atoms with E-state index in [0.29, 0.717) is 18.0 Å². The second-order valence-electron chi connectivity index (χ2n) is 6.27. The van der Waals surface area contributed by atoms with Gasteiger partial charge in [0.05, 0.1) is 12.2 Å². The molecular weight excluding hydrogens is 308 g/mol. The summed E-state index contributed by atoms with van der Waals surface area (Å²) in [5, 5.41) is 7.92. The molecule has 2 aromatic rings. The van der Waals surface area contributed by atoms with E-state index >= 15 is 0 Å². The van der Waals surface area contributed by atoms with E-state index in [2.05, 4.69) is 10.3 Å². The molecule has 3 atom stereocenters. The van der Waals surface area contributed by atoms with Crippen LogP contribution in [0.25, 0.3) is 0 Å². The Bertz CT molecular complexity index is 718. The van der Waals surface area contributed by atoms with Gasteiger partial charge >= 0.3 is 0 Å². The van der Waals surface area contributed by atoms with Crippen molar-refractivity contribution in [2.45, 2.75) is 38.0 Å². The highest BCUT2D eigenvalue weighted by Gasteiger charge is 2.38. The Morgan fingerprint density at radius 3 is 2.79 bits per heavy atom. The van der Waals surface area contributed by atoms with E-state index in [1.807, 2.05) is 47.0 Å². The zero-order chi connectivity index (χ0) is 16.5. The van der Waals surface area contributed by atoms with Gasteiger partial charge in [0.1, 0.15) is 6.10 Å². The van der Waals surface area contributed by atoms with E-state index in [9.17, 15) is 4.79 Å². The first kappa shape index (κ1) is 15.0. The minimum absolute atomic E-state index is 0.0261. The Kier molecular flexibility index (Phi) is 3.84. The molecule has 1 fully saturated rings. The number of nitrogens with zero attached hydrogens (tertiary/aromatic N) is 4. The van der Waals surface area contributed by atoms with Gasteiger partial charge in [-0.2, -0.15) is 0 Å². The summed E-state index contributed by atoms with van der Waals surface area (Å²) in [6.07, 6.45) is 4.51. The third-order valence-corrected chi connectivity index (χ3v) is 4.61. The summed E-state index contributed by atoms with van der Waals surface area (Å²) < 4.78 is 13.6. The molecule has 7 nitrogen and oxygen atoms in total. The SMILES string of the molecule is CC1Oc2ccccc2OC1C(=O)N1CCCC(n2ccnn2)C1. The number of fused-ring (bicyclic) bond motifs is 1. The lowest BCUT2D eigenvalue weighted by molar-refractivity contribution is -0.146. The van der Waals surface area contributed by atoms with E-state index < -0.39 is 6.10 Å². The first-order valence-corrected chi connectivity index (χ1v) is 8.29. The number of rotatable bonds is 2. The number of para-hydroxylation sites is 2. The van der Waals surface area contributed by atoms with Gasteiger partial charge in [-0.05, 0) is 31.9 Å². The molecule has 126 valence electrons. The number of aromatic nitrogens is 3. The maximum Gasteiger partial charge on any atom is 0.267 e. The van der Waals surface area contributed by atoms with Crippen LogP contribution < -0.4 is 9.47 Å². The fraction of sp³-hybridized carbons (Fsp3) is 0.471. The number of ether oxygens (including phenoxy) is 2. The second-order valence-corrected chi connectivity index (χ2v) is 6.27. The summed E-state index contributed by atoms with van der Waals surface area (Å²) in [7, 11) is 0. The number of carbonyl (C=O) groups excluding carboxylic acids is 1. The highest BCUT2D eigenvalue weighted by atomic mass is 16.6. The molecule has 2 aliphatic heterocycles. The molecule has 1 amide bonds. The second kappa shape index (κ2) is 6.14. The molecule has 1 aromatic heterocycles. The van der Waals surface area contributed by atoms with Gasteiger partial charge in [0.2, 0.25) is 6.10 Å². The van der Waals surface area contributed by atoms with Crippen LogP contribution in [-0.2, 0) is 4.79 Å². The lowest BCUT2D eigenvalue weighted by atomic mass is 10.0. The maximum atomic E-state index is 13.0. The molecule has 0 spiro atoms. The van der Waals surface area contributed by atoms with Crippen LogP contribution in [0.5, 0.6) is 11.5 Å². The molecule has 1 saturated heterocycles. The lowest BCUT2D eigenvalue weighted by Gasteiger charge is -2.37. The fourth-order valence-corrected chi connectivity index (χ4v) is 3.35. The number of amides is 1. The van der Waals surface area contributed by atoms with Crippen LogP contribution in [0.2, 0.25) is 0 Å². The molecule has 0 N–H and O–H groups in total. The smallest absolute Gasteiger partial charge is 0.267 e. The number of hydrogen-bond acceptors (Lipinski definition) is 5. The Labute approximate surface area is 140 Å². The van der Waals surface area contributed by atoms with E-state index in [0.717, 1.165) is 19.4 Å². The average molecular weight is 328 g/mol. The molecular formula is C17H20N4O3. The van der Waals surface area contributed by atoms with Crippen molar-refractivity contribution in [2.24, 2.45) is 0 Å². The highest BCUT2D eigenvalue weighted by Crippen LogP contribution is 2.34. The van der Waals surface area contributed by atoms with Gasteiger partial charge in [-0.15, -0.1) is 5.10 Å². The van der Waals surface area contributed by atoms with E-state index in [1.54, 1.807) is 6.20 Å².